The monoisotopic (exact) mass is 262 g/mol. The Morgan fingerprint density at radius 3 is 2.10 bits per heavy atom. The first-order valence-corrected chi connectivity index (χ1v) is 7.18. The summed E-state index contributed by atoms with van der Waals surface area (Å²) in [6.45, 7) is 4.22. The lowest BCUT2D eigenvalue weighted by Crippen LogP contribution is -1.90. The van der Waals surface area contributed by atoms with E-state index in [4.69, 9.17) is 0 Å². The zero-order valence-corrected chi connectivity index (χ0v) is 12.3. The van der Waals surface area contributed by atoms with Gasteiger partial charge in [0, 0.05) is 0 Å². The third-order valence-electron chi connectivity index (χ3n) is 3.33. The molecule has 0 heterocycles. The summed E-state index contributed by atoms with van der Waals surface area (Å²) in [6, 6.07) is 19.6. The van der Waals surface area contributed by atoms with Gasteiger partial charge in [0.1, 0.15) is 0 Å². The van der Waals surface area contributed by atoms with Crippen molar-refractivity contribution in [3.63, 3.8) is 0 Å². The molecule has 0 fully saturated rings. The lowest BCUT2D eigenvalue weighted by atomic mass is 10.0. The van der Waals surface area contributed by atoms with Crippen LogP contribution in [0.4, 0.5) is 0 Å². The topological polar surface area (TPSA) is 0 Å². The average Bonchev–Trinajstić information content (AvgIpc) is 2.48. The van der Waals surface area contributed by atoms with Crippen LogP contribution in [0.1, 0.15) is 30.5 Å². The lowest BCUT2D eigenvalue weighted by molar-refractivity contribution is 1.12. The van der Waals surface area contributed by atoms with Crippen molar-refractivity contribution in [2.75, 3.05) is 0 Å². The summed E-state index contributed by atoms with van der Waals surface area (Å²) in [5, 5.41) is 0. The van der Waals surface area contributed by atoms with Crippen LogP contribution in [-0.2, 0) is 12.8 Å². The molecule has 2 rings (SSSR count). The van der Waals surface area contributed by atoms with Gasteiger partial charge in [0.25, 0.3) is 0 Å². The summed E-state index contributed by atoms with van der Waals surface area (Å²) in [5.74, 6) is 0. The lowest BCUT2D eigenvalue weighted by Gasteiger charge is -2.05. The Bertz CT molecular complexity index is 571. The largest absolute Gasteiger partial charge is 0.0877 e. The van der Waals surface area contributed by atoms with Crippen LogP contribution in [-0.4, -0.2) is 0 Å². The Morgan fingerprint density at radius 2 is 1.45 bits per heavy atom. The quantitative estimate of drug-likeness (QED) is 0.638. The van der Waals surface area contributed by atoms with Gasteiger partial charge < -0.3 is 0 Å². The molecule has 0 aliphatic carbocycles. The SMILES string of the molecule is CC=CC=C(C)Cc1ccc(Cc2ccccc2)cc1. The van der Waals surface area contributed by atoms with Crippen molar-refractivity contribution in [1.82, 2.24) is 0 Å². The van der Waals surface area contributed by atoms with Crippen molar-refractivity contribution in [3.8, 4) is 0 Å². The summed E-state index contributed by atoms with van der Waals surface area (Å²) < 4.78 is 0. The van der Waals surface area contributed by atoms with E-state index in [0.717, 1.165) is 12.8 Å². The molecule has 0 bridgehead atoms. The Kier molecular flexibility index (Phi) is 5.37. The van der Waals surface area contributed by atoms with Gasteiger partial charge in [-0.25, -0.2) is 0 Å². The standard InChI is InChI=1S/C20H22/c1-3-4-8-17(2)15-19-11-13-20(14-12-19)16-18-9-6-5-7-10-18/h3-14H,15-16H2,1-2H3. The minimum Gasteiger partial charge on any atom is -0.0877 e. The number of hydrogen-bond acceptors (Lipinski definition) is 0. The molecule has 0 heteroatoms. The smallest absolute Gasteiger partial charge is 0.00258 e. The summed E-state index contributed by atoms with van der Waals surface area (Å²) in [7, 11) is 0. The fourth-order valence-corrected chi connectivity index (χ4v) is 2.25. The highest BCUT2D eigenvalue weighted by molar-refractivity contribution is 5.30. The Balaban J connectivity index is 2.00. The highest BCUT2D eigenvalue weighted by atomic mass is 14.0. The van der Waals surface area contributed by atoms with E-state index in [-0.39, 0.29) is 0 Å². The van der Waals surface area contributed by atoms with E-state index in [9.17, 15) is 0 Å². The van der Waals surface area contributed by atoms with Gasteiger partial charge in [0.05, 0.1) is 0 Å². The third kappa shape index (κ3) is 4.55. The molecular weight excluding hydrogens is 240 g/mol. The van der Waals surface area contributed by atoms with Crippen LogP contribution >= 0.6 is 0 Å². The van der Waals surface area contributed by atoms with E-state index in [1.165, 1.54) is 22.3 Å². The normalized spacial score (nSPS) is 12.0. The van der Waals surface area contributed by atoms with Crippen LogP contribution in [0, 0.1) is 0 Å². The Morgan fingerprint density at radius 1 is 0.850 bits per heavy atom. The van der Waals surface area contributed by atoms with Gasteiger partial charge in [-0.1, -0.05) is 78.4 Å². The van der Waals surface area contributed by atoms with E-state index >= 15 is 0 Å². The van der Waals surface area contributed by atoms with Gasteiger partial charge in [-0.2, -0.15) is 0 Å². The molecule has 0 amide bonds. The first-order chi connectivity index (χ1) is 9.78. The van der Waals surface area contributed by atoms with E-state index in [2.05, 4.69) is 79.7 Å². The van der Waals surface area contributed by atoms with Crippen molar-refractivity contribution in [2.24, 2.45) is 0 Å². The molecule has 20 heavy (non-hydrogen) atoms. The Hall–Kier alpha value is -2.08. The minimum atomic E-state index is 1.01. The van der Waals surface area contributed by atoms with Gasteiger partial charge in [0.15, 0.2) is 0 Å². The van der Waals surface area contributed by atoms with Crippen molar-refractivity contribution in [3.05, 3.63) is 95.1 Å². The predicted molar refractivity (Wildman–Crippen MR) is 88.0 cm³/mol. The van der Waals surface area contributed by atoms with Gasteiger partial charge in [-0.15, -0.1) is 0 Å². The molecule has 0 saturated carbocycles. The van der Waals surface area contributed by atoms with Gasteiger partial charge in [-0.05, 0) is 43.4 Å². The average molecular weight is 262 g/mol. The second kappa shape index (κ2) is 7.49. The number of rotatable bonds is 5. The molecule has 102 valence electrons. The van der Waals surface area contributed by atoms with Crippen LogP contribution in [0.3, 0.4) is 0 Å². The summed E-state index contributed by atoms with van der Waals surface area (Å²) in [4.78, 5) is 0. The third-order valence-corrected chi connectivity index (χ3v) is 3.33. The van der Waals surface area contributed by atoms with Crippen LogP contribution in [0.25, 0.3) is 0 Å². The molecule has 0 aliphatic heterocycles. The highest BCUT2D eigenvalue weighted by Crippen LogP contribution is 2.13. The summed E-state index contributed by atoms with van der Waals surface area (Å²) in [6.07, 6.45) is 8.37. The van der Waals surface area contributed by atoms with Gasteiger partial charge >= 0.3 is 0 Å². The molecular formula is C20H22. The maximum Gasteiger partial charge on any atom is -0.00258 e. The second-order valence-corrected chi connectivity index (χ2v) is 5.19. The molecule has 0 nitrogen and oxygen atoms in total. The molecule has 0 unspecified atom stereocenters. The second-order valence-electron chi connectivity index (χ2n) is 5.19. The maximum atomic E-state index is 2.24. The minimum absolute atomic E-state index is 1.01. The van der Waals surface area contributed by atoms with Gasteiger partial charge in [0.2, 0.25) is 0 Å². The molecule has 0 aromatic heterocycles. The van der Waals surface area contributed by atoms with Gasteiger partial charge in [-0.3, -0.25) is 0 Å². The predicted octanol–water partition coefficient (Wildman–Crippen LogP) is 5.34. The number of allylic oxidation sites excluding steroid dienone is 4. The zero-order chi connectivity index (χ0) is 14.2. The number of benzene rings is 2. The van der Waals surface area contributed by atoms with Crippen molar-refractivity contribution in [1.29, 1.82) is 0 Å². The van der Waals surface area contributed by atoms with Crippen LogP contribution in [0.5, 0.6) is 0 Å². The Labute approximate surface area is 122 Å². The van der Waals surface area contributed by atoms with E-state index in [1.807, 2.05) is 6.92 Å². The first-order valence-electron chi connectivity index (χ1n) is 7.18. The van der Waals surface area contributed by atoms with E-state index in [0.29, 0.717) is 0 Å². The zero-order valence-electron chi connectivity index (χ0n) is 12.3. The summed E-state index contributed by atoms with van der Waals surface area (Å²) in [5.41, 5.74) is 5.50. The fraction of sp³-hybridized carbons (Fsp3) is 0.200. The summed E-state index contributed by atoms with van der Waals surface area (Å²) >= 11 is 0. The van der Waals surface area contributed by atoms with Crippen LogP contribution in [0.15, 0.2) is 78.4 Å². The molecule has 2 aromatic rings. The first kappa shape index (κ1) is 14.3. The van der Waals surface area contributed by atoms with E-state index < -0.39 is 0 Å². The highest BCUT2D eigenvalue weighted by Gasteiger charge is 1.98. The molecule has 0 radical (unpaired) electrons. The molecule has 0 aliphatic rings. The van der Waals surface area contributed by atoms with Crippen LogP contribution < -0.4 is 0 Å². The van der Waals surface area contributed by atoms with Crippen LogP contribution in [0.2, 0.25) is 0 Å². The molecule has 0 atom stereocenters. The van der Waals surface area contributed by atoms with Crippen molar-refractivity contribution < 1.29 is 0 Å². The molecule has 2 aromatic carbocycles. The fourth-order valence-electron chi connectivity index (χ4n) is 2.25. The number of hydrogen-bond donors (Lipinski definition) is 0. The van der Waals surface area contributed by atoms with E-state index in [1.54, 1.807) is 0 Å². The van der Waals surface area contributed by atoms with Crippen molar-refractivity contribution in [2.45, 2.75) is 26.7 Å². The molecule has 0 N–H and O–H groups in total. The molecule has 0 spiro atoms. The molecule has 0 saturated heterocycles. The van der Waals surface area contributed by atoms with Crippen molar-refractivity contribution >= 4 is 0 Å². The maximum absolute atomic E-state index is 2.24.